The van der Waals surface area contributed by atoms with E-state index >= 15 is 0 Å². The first-order valence-corrected chi connectivity index (χ1v) is 7.99. The van der Waals surface area contributed by atoms with Crippen molar-refractivity contribution in [2.75, 3.05) is 33.2 Å². The van der Waals surface area contributed by atoms with Crippen LogP contribution in [0.25, 0.3) is 0 Å². The molecule has 0 aromatic heterocycles. The second-order valence-electron chi connectivity index (χ2n) is 5.76. The van der Waals surface area contributed by atoms with E-state index in [0.29, 0.717) is 12.6 Å². The van der Waals surface area contributed by atoms with Crippen LogP contribution in [0.2, 0.25) is 0 Å². The average molecular weight is 289 g/mol. The molecule has 1 heterocycles. The van der Waals surface area contributed by atoms with Gasteiger partial charge in [0.25, 0.3) is 0 Å². The molecule has 116 valence electrons. The van der Waals surface area contributed by atoms with Gasteiger partial charge in [0.2, 0.25) is 5.91 Å². The van der Waals surface area contributed by atoms with Crippen LogP contribution in [0, 0.1) is 0 Å². The van der Waals surface area contributed by atoms with E-state index in [0.717, 1.165) is 32.5 Å². The van der Waals surface area contributed by atoms with E-state index in [1.165, 1.54) is 18.4 Å². The van der Waals surface area contributed by atoms with E-state index in [1.807, 2.05) is 13.1 Å². The lowest BCUT2D eigenvalue weighted by Crippen LogP contribution is -2.43. The summed E-state index contributed by atoms with van der Waals surface area (Å²) in [5, 5.41) is 6.25. The molecule has 1 aromatic rings. The quantitative estimate of drug-likeness (QED) is 0.711. The molecule has 0 radical (unpaired) electrons. The molecule has 4 heteroatoms. The fourth-order valence-electron chi connectivity index (χ4n) is 2.98. The van der Waals surface area contributed by atoms with Crippen molar-refractivity contribution < 1.29 is 4.79 Å². The van der Waals surface area contributed by atoms with Crippen LogP contribution in [0.1, 0.15) is 24.8 Å². The molecule has 21 heavy (non-hydrogen) atoms. The van der Waals surface area contributed by atoms with Crippen LogP contribution in [-0.2, 0) is 11.2 Å². The molecule has 0 saturated carbocycles. The monoisotopic (exact) mass is 289 g/mol. The Morgan fingerprint density at radius 2 is 2.14 bits per heavy atom. The zero-order chi connectivity index (χ0) is 14.9. The van der Waals surface area contributed by atoms with Crippen LogP contribution in [0.5, 0.6) is 0 Å². The summed E-state index contributed by atoms with van der Waals surface area (Å²) in [6.07, 6.45) is 4.42. The third-order valence-corrected chi connectivity index (χ3v) is 4.09. The topological polar surface area (TPSA) is 44.4 Å². The summed E-state index contributed by atoms with van der Waals surface area (Å²) in [5.74, 6) is 0.158. The molecule has 1 amide bonds. The van der Waals surface area contributed by atoms with Crippen LogP contribution >= 0.6 is 0 Å². The van der Waals surface area contributed by atoms with E-state index < -0.39 is 0 Å². The Morgan fingerprint density at radius 3 is 2.90 bits per heavy atom. The Hall–Kier alpha value is -1.39. The number of likely N-dealkylation sites (tertiary alicyclic amines) is 1. The zero-order valence-corrected chi connectivity index (χ0v) is 13.0. The van der Waals surface area contributed by atoms with Gasteiger partial charge in [-0.1, -0.05) is 30.3 Å². The van der Waals surface area contributed by atoms with Crippen LogP contribution in [0.15, 0.2) is 30.3 Å². The molecule has 1 atom stereocenters. The highest BCUT2D eigenvalue weighted by atomic mass is 16.2. The van der Waals surface area contributed by atoms with Crippen molar-refractivity contribution in [2.24, 2.45) is 0 Å². The van der Waals surface area contributed by atoms with Crippen molar-refractivity contribution in [3.8, 4) is 0 Å². The molecule has 1 aliphatic heterocycles. The van der Waals surface area contributed by atoms with E-state index in [1.54, 1.807) is 0 Å². The van der Waals surface area contributed by atoms with Crippen molar-refractivity contribution in [1.29, 1.82) is 0 Å². The van der Waals surface area contributed by atoms with Crippen LogP contribution < -0.4 is 10.6 Å². The Balaban J connectivity index is 1.61. The van der Waals surface area contributed by atoms with Gasteiger partial charge in [-0.15, -0.1) is 0 Å². The Bertz CT molecular complexity index is 421. The molecule has 1 unspecified atom stereocenters. The number of amides is 1. The van der Waals surface area contributed by atoms with Gasteiger partial charge < -0.3 is 10.6 Å². The summed E-state index contributed by atoms with van der Waals surface area (Å²) < 4.78 is 0. The van der Waals surface area contributed by atoms with Crippen molar-refractivity contribution in [2.45, 2.75) is 31.7 Å². The highest BCUT2D eigenvalue weighted by Gasteiger charge is 2.25. The van der Waals surface area contributed by atoms with Gasteiger partial charge in [-0.05, 0) is 44.8 Å². The standard InChI is InChI=1S/C17H27N3O/c1-18-13-16-10-6-12-20(16)14-17(21)19-11-5-9-15-7-3-2-4-8-15/h2-4,7-8,16,18H,5-6,9-14H2,1H3,(H,19,21). The molecule has 4 nitrogen and oxygen atoms in total. The fourth-order valence-corrected chi connectivity index (χ4v) is 2.98. The molecule has 1 aromatic carbocycles. The van der Waals surface area contributed by atoms with Gasteiger partial charge in [0.05, 0.1) is 6.54 Å². The first-order chi connectivity index (χ1) is 10.3. The number of benzene rings is 1. The molecular formula is C17H27N3O. The summed E-state index contributed by atoms with van der Waals surface area (Å²) in [6.45, 7) is 3.32. The van der Waals surface area contributed by atoms with Crippen LogP contribution in [0.3, 0.4) is 0 Å². The zero-order valence-electron chi connectivity index (χ0n) is 13.0. The van der Waals surface area contributed by atoms with Gasteiger partial charge in [0, 0.05) is 19.1 Å². The maximum Gasteiger partial charge on any atom is 0.234 e. The predicted octanol–water partition coefficient (Wildman–Crippen LogP) is 1.42. The molecule has 0 spiro atoms. The van der Waals surface area contributed by atoms with E-state index in [9.17, 15) is 4.79 Å². The molecule has 1 fully saturated rings. The van der Waals surface area contributed by atoms with E-state index in [2.05, 4.69) is 39.8 Å². The number of aryl methyl sites for hydroxylation is 1. The first kappa shape index (κ1) is 16.0. The predicted molar refractivity (Wildman–Crippen MR) is 86.3 cm³/mol. The highest BCUT2D eigenvalue weighted by Crippen LogP contribution is 2.15. The fraction of sp³-hybridized carbons (Fsp3) is 0.588. The molecule has 2 N–H and O–H groups in total. The maximum atomic E-state index is 12.0. The first-order valence-electron chi connectivity index (χ1n) is 7.99. The Kier molecular flexibility index (Phi) is 6.70. The highest BCUT2D eigenvalue weighted by molar-refractivity contribution is 5.78. The van der Waals surface area contributed by atoms with Crippen LogP contribution in [-0.4, -0.2) is 50.1 Å². The molecule has 1 saturated heterocycles. The normalized spacial score (nSPS) is 18.8. The number of hydrogen-bond donors (Lipinski definition) is 2. The summed E-state index contributed by atoms with van der Waals surface area (Å²) in [7, 11) is 1.97. The maximum absolute atomic E-state index is 12.0. The number of nitrogens with zero attached hydrogens (tertiary/aromatic N) is 1. The van der Waals surface area contributed by atoms with Crippen LogP contribution in [0.4, 0.5) is 0 Å². The molecule has 2 rings (SSSR count). The minimum atomic E-state index is 0.158. The van der Waals surface area contributed by atoms with Crippen molar-refractivity contribution in [1.82, 2.24) is 15.5 Å². The van der Waals surface area contributed by atoms with Gasteiger partial charge in [0.1, 0.15) is 0 Å². The third-order valence-electron chi connectivity index (χ3n) is 4.09. The number of rotatable bonds is 8. The van der Waals surface area contributed by atoms with Gasteiger partial charge in [0.15, 0.2) is 0 Å². The lowest BCUT2D eigenvalue weighted by Gasteiger charge is -2.23. The van der Waals surface area contributed by atoms with Crippen molar-refractivity contribution in [3.05, 3.63) is 35.9 Å². The summed E-state index contributed by atoms with van der Waals surface area (Å²) in [5.41, 5.74) is 1.33. The van der Waals surface area contributed by atoms with E-state index in [4.69, 9.17) is 0 Å². The average Bonchev–Trinajstić information content (AvgIpc) is 2.92. The molecule has 1 aliphatic rings. The second-order valence-corrected chi connectivity index (χ2v) is 5.76. The van der Waals surface area contributed by atoms with Gasteiger partial charge >= 0.3 is 0 Å². The Labute approximate surface area is 127 Å². The summed E-state index contributed by atoms with van der Waals surface area (Å²) in [6, 6.07) is 10.9. The Morgan fingerprint density at radius 1 is 1.33 bits per heavy atom. The number of hydrogen-bond acceptors (Lipinski definition) is 3. The summed E-state index contributed by atoms with van der Waals surface area (Å²) >= 11 is 0. The minimum absolute atomic E-state index is 0.158. The molecule has 0 bridgehead atoms. The van der Waals surface area contributed by atoms with Gasteiger partial charge in [-0.25, -0.2) is 0 Å². The van der Waals surface area contributed by atoms with Gasteiger partial charge in [-0.3, -0.25) is 9.69 Å². The number of likely N-dealkylation sites (N-methyl/N-ethyl adjacent to an activating group) is 1. The number of nitrogens with one attached hydrogen (secondary N) is 2. The smallest absolute Gasteiger partial charge is 0.234 e. The van der Waals surface area contributed by atoms with Gasteiger partial charge in [-0.2, -0.15) is 0 Å². The van der Waals surface area contributed by atoms with E-state index in [-0.39, 0.29) is 5.91 Å². The lowest BCUT2D eigenvalue weighted by atomic mass is 10.1. The lowest BCUT2D eigenvalue weighted by molar-refractivity contribution is -0.122. The summed E-state index contributed by atoms with van der Waals surface area (Å²) in [4.78, 5) is 14.3. The van der Waals surface area contributed by atoms with Crippen molar-refractivity contribution in [3.63, 3.8) is 0 Å². The number of carbonyl (C=O) groups excluding carboxylic acids is 1. The second kappa shape index (κ2) is 8.80. The number of carbonyl (C=O) groups is 1. The minimum Gasteiger partial charge on any atom is -0.355 e. The molecular weight excluding hydrogens is 262 g/mol. The largest absolute Gasteiger partial charge is 0.355 e. The SMILES string of the molecule is CNCC1CCCN1CC(=O)NCCCc1ccccc1. The third kappa shape index (κ3) is 5.48. The molecule has 0 aliphatic carbocycles. The van der Waals surface area contributed by atoms with Crippen molar-refractivity contribution >= 4 is 5.91 Å².